The molecular weight excluding hydrogens is 170 g/mol. The van der Waals surface area contributed by atoms with Crippen LogP contribution in [-0.2, 0) is 0 Å². The molecule has 0 N–H and O–H groups in total. The van der Waals surface area contributed by atoms with Crippen molar-refractivity contribution in [2.24, 2.45) is 0 Å². The lowest BCUT2D eigenvalue weighted by atomic mass is 10.1. The van der Waals surface area contributed by atoms with Crippen LogP contribution in [0.5, 0.6) is 0 Å². The van der Waals surface area contributed by atoms with Crippen LogP contribution in [0.1, 0.15) is 51.9 Å². The van der Waals surface area contributed by atoms with Crippen LogP contribution in [-0.4, -0.2) is 31.7 Å². The van der Waals surface area contributed by atoms with Gasteiger partial charge in [-0.25, -0.2) is 0 Å². The topological polar surface area (TPSA) is 0 Å². The van der Waals surface area contributed by atoms with Gasteiger partial charge in [-0.05, 0) is 26.2 Å². The minimum Gasteiger partial charge on any atom is -0.328 e. The first-order chi connectivity index (χ1) is 6.62. The second-order valence-corrected chi connectivity index (χ2v) is 5.00. The van der Waals surface area contributed by atoms with Crippen LogP contribution in [0.3, 0.4) is 0 Å². The van der Waals surface area contributed by atoms with Gasteiger partial charge in [0, 0.05) is 0 Å². The van der Waals surface area contributed by atoms with Gasteiger partial charge in [-0.2, -0.15) is 0 Å². The molecule has 0 rings (SSSR count). The van der Waals surface area contributed by atoms with Crippen LogP contribution >= 0.6 is 0 Å². The predicted molar refractivity (Wildman–Crippen MR) is 65.2 cm³/mol. The SMILES string of the molecule is [CH2]CC[N+](C)(C)CCCCCCCC. The minimum absolute atomic E-state index is 1.06. The first-order valence-corrected chi connectivity index (χ1v) is 6.23. The van der Waals surface area contributed by atoms with Crippen molar-refractivity contribution in [1.82, 2.24) is 0 Å². The van der Waals surface area contributed by atoms with E-state index < -0.39 is 0 Å². The summed E-state index contributed by atoms with van der Waals surface area (Å²) < 4.78 is 1.15. The highest BCUT2D eigenvalue weighted by molar-refractivity contribution is 4.45. The van der Waals surface area contributed by atoms with Gasteiger partial charge in [-0.3, -0.25) is 0 Å². The van der Waals surface area contributed by atoms with Crippen molar-refractivity contribution in [1.29, 1.82) is 0 Å². The predicted octanol–water partition coefficient (Wildman–Crippen LogP) is 3.65. The number of quaternary nitrogens is 1. The lowest BCUT2D eigenvalue weighted by molar-refractivity contribution is -0.890. The summed E-state index contributed by atoms with van der Waals surface area (Å²) in [6.45, 7) is 8.73. The van der Waals surface area contributed by atoms with Gasteiger partial charge < -0.3 is 4.48 Å². The molecule has 0 aliphatic heterocycles. The van der Waals surface area contributed by atoms with Crippen LogP contribution in [0.25, 0.3) is 0 Å². The van der Waals surface area contributed by atoms with Gasteiger partial charge in [0.2, 0.25) is 0 Å². The summed E-state index contributed by atoms with van der Waals surface area (Å²) >= 11 is 0. The summed E-state index contributed by atoms with van der Waals surface area (Å²) in [7, 11) is 4.63. The fourth-order valence-corrected chi connectivity index (χ4v) is 1.86. The Hall–Kier alpha value is -0.0400. The molecule has 1 nitrogen and oxygen atoms in total. The molecule has 0 aliphatic rings. The van der Waals surface area contributed by atoms with Crippen molar-refractivity contribution < 1.29 is 4.48 Å². The van der Waals surface area contributed by atoms with E-state index in [4.69, 9.17) is 0 Å². The Morgan fingerprint density at radius 1 is 0.857 bits per heavy atom. The molecule has 0 spiro atoms. The lowest BCUT2D eigenvalue weighted by Gasteiger charge is -2.29. The van der Waals surface area contributed by atoms with Crippen molar-refractivity contribution in [2.45, 2.75) is 51.9 Å². The fourth-order valence-electron chi connectivity index (χ4n) is 1.86. The summed E-state index contributed by atoms with van der Waals surface area (Å²) in [5, 5.41) is 0. The third kappa shape index (κ3) is 8.55. The average molecular weight is 199 g/mol. The molecule has 0 atom stereocenters. The molecule has 85 valence electrons. The molecule has 0 bridgehead atoms. The Balaban J connectivity index is 3.26. The van der Waals surface area contributed by atoms with E-state index in [0.29, 0.717) is 0 Å². The molecule has 0 aromatic carbocycles. The first kappa shape index (κ1) is 14.0. The Morgan fingerprint density at radius 3 is 2.00 bits per heavy atom. The Morgan fingerprint density at radius 2 is 1.43 bits per heavy atom. The normalized spacial score (nSPS) is 12.0. The van der Waals surface area contributed by atoms with Crippen LogP contribution < -0.4 is 0 Å². The van der Waals surface area contributed by atoms with Crippen molar-refractivity contribution >= 4 is 0 Å². The Labute approximate surface area is 91.1 Å². The zero-order chi connectivity index (χ0) is 10.9. The van der Waals surface area contributed by atoms with Gasteiger partial charge in [0.05, 0.1) is 27.2 Å². The molecule has 0 fully saturated rings. The molecule has 0 aliphatic carbocycles. The average Bonchev–Trinajstić information content (AvgIpc) is 2.11. The largest absolute Gasteiger partial charge is 0.328 e. The highest BCUT2D eigenvalue weighted by atomic mass is 15.3. The molecule has 0 aromatic rings. The van der Waals surface area contributed by atoms with Crippen molar-refractivity contribution in [2.75, 3.05) is 27.2 Å². The summed E-state index contributed by atoms with van der Waals surface area (Å²) in [5.41, 5.74) is 0. The van der Waals surface area contributed by atoms with Crippen molar-refractivity contribution in [3.63, 3.8) is 0 Å². The maximum Gasteiger partial charge on any atom is 0.0782 e. The molecule has 1 radical (unpaired) electrons. The second-order valence-electron chi connectivity index (χ2n) is 5.00. The molecular formula is C13H29N+. The van der Waals surface area contributed by atoms with Crippen molar-refractivity contribution in [3.05, 3.63) is 6.92 Å². The number of nitrogens with zero attached hydrogens (tertiary/aromatic N) is 1. The summed E-state index contributed by atoms with van der Waals surface area (Å²) in [6.07, 6.45) is 9.48. The Bertz CT molecular complexity index is 118. The highest BCUT2D eigenvalue weighted by Crippen LogP contribution is 2.08. The van der Waals surface area contributed by atoms with E-state index in [-0.39, 0.29) is 0 Å². The number of hydrogen-bond donors (Lipinski definition) is 0. The number of unbranched alkanes of at least 4 members (excludes halogenated alkanes) is 5. The maximum atomic E-state index is 3.92. The second kappa shape index (κ2) is 8.28. The quantitative estimate of drug-likeness (QED) is 0.393. The summed E-state index contributed by atoms with van der Waals surface area (Å²) in [6, 6.07) is 0. The molecule has 14 heavy (non-hydrogen) atoms. The van der Waals surface area contributed by atoms with E-state index >= 15 is 0 Å². The standard InChI is InChI=1S/C13H29N/c1-5-7-8-9-10-11-13-14(3,4)12-6-2/h2,5-13H2,1,3-4H3/q+1. The van der Waals surface area contributed by atoms with Gasteiger partial charge in [0.1, 0.15) is 0 Å². The highest BCUT2D eigenvalue weighted by Gasteiger charge is 2.11. The third-order valence-corrected chi connectivity index (χ3v) is 2.88. The van der Waals surface area contributed by atoms with Crippen LogP contribution in [0, 0.1) is 6.92 Å². The number of hydrogen-bond acceptors (Lipinski definition) is 0. The molecule has 0 heterocycles. The molecule has 0 unspecified atom stereocenters. The summed E-state index contributed by atoms with van der Waals surface area (Å²) in [5.74, 6) is 0. The molecule has 1 heteroatoms. The molecule has 0 amide bonds. The monoisotopic (exact) mass is 199 g/mol. The van der Waals surface area contributed by atoms with E-state index in [9.17, 15) is 0 Å². The number of rotatable bonds is 9. The zero-order valence-corrected chi connectivity index (χ0v) is 10.5. The van der Waals surface area contributed by atoms with Crippen LogP contribution in [0.4, 0.5) is 0 Å². The van der Waals surface area contributed by atoms with Crippen LogP contribution in [0.15, 0.2) is 0 Å². The van der Waals surface area contributed by atoms with Crippen molar-refractivity contribution in [3.8, 4) is 0 Å². The van der Waals surface area contributed by atoms with Crippen LogP contribution in [0.2, 0.25) is 0 Å². The van der Waals surface area contributed by atoms with Gasteiger partial charge in [0.25, 0.3) is 0 Å². The minimum atomic E-state index is 1.06. The van der Waals surface area contributed by atoms with E-state index in [2.05, 4.69) is 27.9 Å². The van der Waals surface area contributed by atoms with Gasteiger partial charge >= 0.3 is 0 Å². The van der Waals surface area contributed by atoms with E-state index in [0.717, 1.165) is 10.9 Å². The van der Waals surface area contributed by atoms with Gasteiger partial charge in [-0.1, -0.05) is 32.6 Å². The first-order valence-electron chi connectivity index (χ1n) is 6.23. The third-order valence-electron chi connectivity index (χ3n) is 2.88. The van der Waals surface area contributed by atoms with E-state index in [1.807, 2.05) is 0 Å². The lowest BCUT2D eigenvalue weighted by Crippen LogP contribution is -2.40. The smallest absolute Gasteiger partial charge is 0.0782 e. The van der Waals surface area contributed by atoms with E-state index in [1.54, 1.807) is 0 Å². The fraction of sp³-hybridized carbons (Fsp3) is 0.923. The molecule has 0 saturated heterocycles. The van der Waals surface area contributed by atoms with E-state index in [1.165, 1.54) is 51.6 Å². The zero-order valence-electron chi connectivity index (χ0n) is 10.5. The summed E-state index contributed by atoms with van der Waals surface area (Å²) in [4.78, 5) is 0. The molecule has 0 aromatic heterocycles. The molecule has 0 saturated carbocycles. The maximum absolute atomic E-state index is 3.92. The van der Waals surface area contributed by atoms with Gasteiger partial charge in [0.15, 0.2) is 0 Å². The Kier molecular flexibility index (Phi) is 8.26. The van der Waals surface area contributed by atoms with Gasteiger partial charge in [-0.15, -0.1) is 0 Å².